The van der Waals surface area contributed by atoms with Gasteiger partial charge in [0, 0.05) is 5.56 Å². The van der Waals surface area contributed by atoms with E-state index < -0.39 is 0 Å². The molecule has 0 atom stereocenters. The SMILES string of the molecule is CCc1ccccc1OCC(=O)c1ccc(Cl)c(Cl)c1. The van der Waals surface area contributed by atoms with Gasteiger partial charge in [0.15, 0.2) is 12.4 Å². The van der Waals surface area contributed by atoms with Crippen LogP contribution in [0.2, 0.25) is 10.0 Å². The van der Waals surface area contributed by atoms with Crippen molar-refractivity contribution in [2.75, 3.05) is 6.61 Å². The first-order valence-electron chi connectivity index (χ1n) is 6.30. The second-order valence-electron chi connectivity index (χ2n) is 4.30. The van der Waals surface area contributed by atoms with E-state index in [9.17, 15) is 4.79 Å². The fourth-order valence-electron chi connectivity index (χ4n) is 1.83. The summed E-state index contributed by atoms with van der Waals surface area (Å²) in [6.45, 7) is 2.03. The molecule has 0 aliphatic carbocycles. The zero-order valence-electron chi connectivity index (χ0n) is 11.0. The lowest BCUT2D eigenvalue weighted by Crippen LogP contribution is -2.12. The summed E-state index contributed by atoms with van der Waals surface area (Å²) in [6, 6.07) is 12.5. The molecule has 0 saturated heterocycles. The summed E-state index contributed by atoms with van der Waals surface area (Å²) in [5.41, 5.74) is 1.57. The first kappa shape index (κ1) is 14.9. The van der Waals surface area contributed by atoms with E-state index in [2.05, 4.69) is 0 Å². The maximum absolute atomic E-state index is 12.1. The van der Waals surface area contributed by atoms with Crippen LogP contribution in [-0.4, -0.2) is 12.4 Å². The van der Waals surface area contributed by atoms with E-state index in [1.54, 1.807) is 18.2 Å². The molecule has 2 rings (SSSR count). The minimum Gasteiger partial charge on any atom is -0.485 e. The Morgan fingerprint density at radius 3 is 2.55 bits per heavy atom. The Morgan fingerprint density at radius 1 is 1.10 bits per heavy atom. The number of hydrogen-bond donors (Lipinski definition) is 0. The molecule has 4 heteroatoms. The van der Waals surface area contributed by atoms with Crippen LogP contribution in [0.4, 0.5) is 0 Å². The summed E-state index contributed by atoms with van der Waals surface area (Å²) in [6.07, 6.45) is 0.858. The summed E-state index contributed by atoms with van der Waals surface area (Å²) in [5.74, 6) is 0.609. The van der Waals surface area contributed by atoms with Crippen LogP contribution < -0.4 is 4.74 Å². The number of aryl methyl sites for hydroxylation is 1. The summed E-state index contributed by atoms with van der Waals surface area (Å²) >= 11 is 11.7. The van der Waals surface area contributed by atoms with Crippen LogP contribution in [-0.2, 0) is 6.42 Å². The number of ketones is 1. The number of benzene rings is 2. The summed E-state index contributed by atoms with van der Waals surface area (Å²) in [4.78, 5) is 12.1. The fourth-order valence-corrected chi connectivity index (χ4v) is 2.13. The molecule has 0 amide bonds. The van der Waals surface area contributed by atoms with Gasteiger partial charge in [0.2, 0.25) is 0 Å². The molecule has 0 spiro atoms. The van der Waals surface area contributed by atoms with E-state index in [4.69, 9.17) is 27.9 Å². The molecule has 2 aromatic carbocycles. The fraction of sp³-hybridized carbons (Fsp3) is 0.188. The van der Waals surface area contributed by atoms with Gasteiger partial charge in [-0.2, -0.15) is 0 Å². The van der Waals surface area contributed by atoms with Crippen molar-refractivity contribution in [2.45, 2.75) is 13.3 Å². The first-order valence-corrected chi connectivity index (χ1v) is 7.06. The molecule has 104 valence electrons. The lowest BCUT2D eigenvalue weighted by atomic mass is 10.1. The van der Waals surface area contributed by atoms with Crippen LogP contribution in [0, 0.1) is 0 Å². The van der Waals surface area contributed by atoms with Gasteiger partial charge in [0.1, 0.15) is 5.75 Å². The van der Waals surface area contributed by atoms with E-state index in [-0.39, 0.29) is 12.4 Å². The molecule has 0 unspecified atom stereocenters. The molecular weight excluding hydrogens is 295 g/mol. The van der Waals surface area contributed by atoms with Crippen molar-refractivity contribution in [1.82, 2.24) is 0 Å². The summed E-state index contributed by atoms with van der Waals surface area (Å²) in [5, 5.41) is 0.798. The Balaban J connectivity index is 2.06. The van der Waals surface area contributed by atoms with Gasteiger partial charge in [-0.1, -0.05) is 48.3 Å². The van der Waals surface area contributed by atoms with Gasteiger partial charge < -0.3 is 4.74 Å². The van der Waals surface area contributed by atoms with Gasteiger partial charge in [0.25, 0.3) is 0 Å². The van der Waals surface area contributed by atoms with Gasteiger partial charge in [-0.15, -0.1) is 0 Å². The molecule has 0 aromatic heterocycles. The highest BCUT2D eigenvalue weighted by Crippen LogP contribution is 2.23. The van der Waals surface area contributed by atoms with Crippen LogP contribution >= 0.6 is 23.2 Å². The van der Waals surface area contributed by atoms with E-state index in [1.807, 2.05) is 31.2 Å². The van der Waals surface area contributed by atoms with Crippen LogP contribution in [0.25, 0.3) is 0 Å². The highest BCUT2D eigenvalue weighted by molar-refractivity contribution is 6.42. The topological polar surface area (TPSA) is 26.3 Å². The van der Waals surface area contributed by atoms with Crippen molar-refractivity contribution in [3.63, 3.8) is 0 Å². The predicted octanol–water partition coefficient (Wildman–Crippen LogP) is 4.82. The summed E-state index contributed by atoms with van der Waals surface area (Å²) < 4.78 is 5.59. The molecule has 0 fully saturated rings. The first-order chi connectivity index (χ1) is 9.61. The van der Waals surface area contributed by atoms with E-state index in [0.717, 1.165) is 17.7 Å². The van der Waals surface area contributed by atoms with Crippen molar-refractivity contribution in [2.24, 2.45) is 0 Å². The van der Waals surface area contributed by atoms with Crippen molar-refractivity contribution in [3.05, 3.63) is 63.6 Å². The second kappa shape index (κ2) is 6.78. The molecule has 0 aliphatic rings. The van der Waals surface area contributed by atoms with Gasteiger partial charge in [-0.3, -0.25) is 4.79 Å². The smallest absolute Gasteiger partial charge is 0.200 e. The van der Waals surface area contributed by atoms with Crippen molar-refractivity contribution < 1.29 is 9.53 Å². The Bertz CT molecular complexity index is 624. The zero-order valence-corrected chi connectivity index (χ0v) is 12.5. The largest absolute Gasteiger partial charge is 0.485 e. The minimum atomic E-state index is -0.130. The number of para-hydroxylation sites is 1. The molecule has 0 aliphatic heterocycles. The van der Waals surface area contributed by atoms with Gasteiger partial charge in [-0.25, -0.2) is 0 Å². The maximum atomic E-state index is 12.1. The highest BCUT2D eigenvalue weighted by Gasteiger charge is 2.10. The second-order valence-corrected chi connectivity index (χ2v) is 5.12. The van der Waals surface area contributed by atoms with E-state index in [1.165, 1.54) is 0 Å². The lowest BCUT2D eigenvalue weighted by molar-refractivity contribution is 0.0921. The van der Waals surface area contributed by atoms with Crippen LogP contribution in [0.15, 0.2) is 42.5 Å². The molecule has 0 N–H and O–H groups in total. The van der Waals surface area contributed by atoms with E-state index >= 15 is 0 Å². The third-order valence-corrected chi connectivity index (χ3v) is 3.69. The van der Waals surface area contributed by atoms with Gasteiger partial charge >= 0.3 is 0 Å². The maximum Gasteiger partial charge on any atom is 0.200 e. The van der Waals surface area contributed by atoms with Crippen molar-refractivity contribution in [1.29, 1.82) is 0 Å². The molecule has 0 bridgehead atoms. The molecule has 0 heterocycles. The van der Waals surface area contributed by atoms with Crippen LogP contribution in [0.3, 0.4) is 0 Å². The molecule has 2 nitrogen and oxygen atoms in total. The minimum absolute atomic E-state index is 0.0189. The number of rotatable bonds is 5. The quantitative estimate of drug-likeness (QED) is 0.740. The predicted molar refractivity (Wildman–Crippen MR) is 82.1 cm³/mol. The lowest BCUT2D eigenvalue weighted by Gasteiger charge is -2.09. The van der Waals surface area contributed by atoms with Crippen molar-refractivity contribution >= 4 is 29.0 Å². The third-order valence-electron chi connectivity index (χ3n) is 2.95. The average Bonchev–Trinajstić information content (AvgIpc) is 2.47. The molecule has 0 saturated carbocycles. The number of carbonyl (C=O) groups excluding carboxylic acids is 1. The summed E-state index contributed by atoms with van der Waals surface area (Å²) in [7, 11) is 0. The van der Waals surface area contributed by atoms with Crippen LogP contribution in [0.1, 0.15) is 22.8 Å². The highest BCUT2D eigenvalue weighted by atomic mass is 35.5. The van der Waals surface area contributed by atoms with E-state index in [0.29, 0.717) is 15.6 Å². The Morgan fingerprint density at radius 2 is 1.85 bits per heavy atom. The monoisotopic (exact) mass is 308 g/mol. The molecule has 0 radical (unpaired) electrons. The average molecular weight is 309 g/mol. The van der Waals surface area contributed by atoms with Gasteiger partial charge in [-0.05, 0) is 36.2 Å². The Hall–Kier alpha value is -1.51. The zero-order chi connectivity index (χ0) is 14.5. The molecule has 2 aromatic rings. The number of hydrogen-bond acceptors (Lipinski definition) is 2. The Labute approximate surface area is 128 Å². The number of ether oxygens (including phenoxy) is 1. The molecule has 20 heavy (non-hydrogen) atoms. The van der Waals surface area contributed by atoms with Crippen molar-refractivity contribution in [3.8, 4) is 5.75 Å². The standard InChI is InChI=1S/C16H14Cl2O2/c1-2-11-5-3-4-6-16(11)20-10-15(19)12-7-8-13(17)14(18)9-12/h3-9H,2,10H2,1H3. The van der Waals surface area contributed by atoms with Crippen LogP contribution in [0.5, 0.6) is 5.75 Å². The number of carbonyl (C=O) groups is 1. The Kier molecular flexibility index (Phi) is 5.05. The number of halogens is 2. The normalized spacial score (nSPS) is 10.3. The third kappa shape index (κ3) is 3.53. The molecular formula is C16H14Cl2O2. The van der Waals surface area contributed by atoms with Gasteiger partial charge in [0.05, 0.1) is 10.0 Å². The number of Topliss-reactive ketones (excluding diaryl/α,β-unsaturated/α-hetero) is 1.